The maximum absolute atomic E-state index is 13.9. The van der Waals surface area contributed by atoms with Gasteiger partial charge in [0.15, 0.2) is 5.41 Å². The molecular formula is C14H8ClF15N2S. The lowest BCUT2D eigenvalue weighted by Crippen LogP contribution is -2.69. The molecule has 0 heterocycles. The fraction of sp³-hybridized carbons (Fsp3) is 0.857. The van der Waals surface area contributed by atoms with E-state index in [0.717, 1.165) is 0 Å². The molecule has 0 radical (unpaired) electrons. The molecule has 0 spiro atoms. The van der Waals surface area contributed by atoms with Crippen LogP contribution in [0.2, 0.25) is 0 Å². The smallest absolute Gasteiger partial charge is 0.222 e. The molecule has 0 aliphatic rings. The van der Waals surface area contributed by atoms with Gasteiger partial charge in [-0.15, -0.1) is 0 Å². The highest BCUT2D eigenvalue weighted by Gasteiger charge is 2.88. The Labute approximate surface area is 183 Å². The summed E-state index contributed by atoms with van der Waals surface area (Å²) in [5.41, 5.74) is -7.01. The summed E-state index contributed by atoms with van der Waals surface area (Å²) in [4.78, 5) is 0. The van der Waals surface area contributed by atoms with Gasteiger partial charge in [0.1, 0.15) is 0 Å². The first-order chi connectivity index (χ1) is 14.4. The van der Waals surface area contributed by atoms with Crippen molar-refractivity contribution in [1.29, 1.82) is 10.5 Å². The normalized spacial score (nSPS) is 15.8. The van der Waals surface area contributed by atoms with Crippen LogP contribution in [0.25, 0.3) is 0 Å². The number of nitriles is 2. The van der Waals surface area contributed by atoms with Crippen LogP contribution in [0.1, 0.15) is 12.8 Å². The summed E-state index contributed by atoms with van der Waals surface area (Å²) < 4.78 is 197. The van der Waals surface area contributed by atoms with E-state index in [1.807, 2.05) is 0 Å². The standard InChI is InChI=1S/C14H8ClF15N2S/c15-6(16)11(23,24)33-2-1-8(4-31,5-32)3-9(19,20)12(25,26)14(29,30)13(27,28)10(21,22)7(17)18/h6-7H,1-3H2. The first kappa shape index (κ1) is 31.6. The molecule has 0 bridgehead atoms. The van der Waals surface area contributed by atoms with E-state index in [9.17, 15) is 65.9 Å². The van der Waals surface area contributed by atoms with Gasteiger partial charge >= 0.3 is 41.3 Å². The maximum atomic E-state index is 13.9. The van der Waals surface area contributed by atoms with Crippen LogP contribution < -0.4 is 0 Å². The van der Waals surface area contributed by atoms with E-state index in [0.29, 0.717) is 12.1 Å². The number of halogens is 16. The quantitative estimate of drug-likeness (QED) is 0.190. The number of hydrogen-bond donors (Lipinski definition) is 0. The molecule has 0 N–H and O–H groups in total. The van der Waals surface area contributed by atoms with Crippen LogP contribution in [0.5, 0.6) is 0 Å². The van der Waals surface area contributed by atoms with Crippen molar-refractivity contribution in [3.05, 3.63) is 0 Å². The highest BCUT2D eigenvalue weighted by atomic mass is 35.5. The van der Waals surface area contributed by atoms with Crippen LogP contribution >= 0.6 is 23.4 Å². The predicted molar refractivity (Wildman–Crippen MR) is 81.8 cm³/mol. The lowest BCUT2D eigenvalue weighted by atomic mass is 9.79. The second-order valence-corrected chi connectivity index (χ2v) is 7.92. The Morgan fingerprint density at radius 3 is 1.48 bits per heavy atom. The zero-order valence-electron chi connectivity index (χ0n) is 15.1. The zero-order valence-corrected chi connectivity index (χ0v) is 16.7. The van der Waals surface area contributed by atoms with Gasteiger partial charge in [0.25, 0.3) is 0 Å². The fourth-order valence-corrected chi connectivity index (χ4v) is 3.03. The zero-order chi connectivity index (χ0) is 26.9. The monoisotopic (exact) mass is 556 g/mol. The summed E-state index contributed by atoms with van der Waals surface area (Å²) in [5, 5.41) is 13.1. The van der Waals surface area contributed by atoms with Gasteiger partial charge in [-0.2, -0.15) is 63.2 Å². The van der Waals surface area contributed by atoms with Gasteiger partial charge in [-0.05, 0) is 6.42 Å². The van der Waals surface area contributed by atoms with E-state index in [4.69, 9.17) is 10.5 Å². The minimum Gasteiger partial charge on any atom is -0.222 e. The molecule has 0 aromatic heterocycles. The van der Waals surface area contributed by atoms with E-state index in [1.54, 1.807) is 0 Å². The Hall–Kier alpha value is -1.43. The second-order valence-electron chi connectivity index (χ2n) is 6.29. The molecule has 0 rings (SSSR count). The molecule has 19 heteroatoms. The van der Waals surface area contributed by atoms with Gasteiger partial charge < -0.3 is 0 Å². The van der Waals surface area contributed by atoms with Crippen molar-refractivity contribution in [2.45, 2.75) is 59.8 Å². The number of alkyl halides is 16. The van der Waals surface area contributed by atoms with Gasteiger partial charge in [0.05, 0.1) is 12.1 Å². The largest absolute Gasteiger partial charge is 0.384 e. The topological polar surface area (TPSA) is 47.6 Å². The molecule has 33 heavy (non-hydrogen) atoms. The fourth-order valence-electron chi connectivity index (χ4n) is 1.99. The van der Waals surface area contributed by atoms with Crippen LogP contribution in [0, 0.1) is 28.1 Å². The molecule has 0 saturated heterocycles. The molecule has 2 nitrogen and oxygen atoms in total. The van der Waals surface area contributed by atoms with Crippen molar-refractivity contribution in [2.24, 2.45) is 5.41 Å². The predicted octanol–water partition coefficient (Wildman–Crippen LogP) is 7.10. The van der Waals surface area contributed by atoms with Crippen LogP contribution in [0.4, 0.5) is 65.9 Å². The van der Waals surface area contributed by atoms with Crippen molar-refractivity contribution >= 4 is 23.4 Å². The van der Waals surface area contributed by atoms with Crippen LogP contribution in [0.3, 0.4) is 0 Å². The number of nitrogens with zero attached hydrogens (tertiary/aromatic N) is 2. The molecule has 0 aromatic rings. The van der Waals surface area contributed by atoms with E-state index < -0.39 is 82.7 Å². The summed E-state index contributed by atoms with van der Waals surface area (Å²) in [6.45, 7) is 0. The van der Waals surface area contributed by atoms with Crippen molar-refractivity contribution in [2.75, 3.05) is 5.75 Å². The Morgan fingerprint density at radius 2 is 1.15 bits per heavy atom. The van der Waals surface area contributed by atoms with Gasteiger partial charge in [0.2, 0.25) is 5.63 Å². The molecular weight excluding hydrogens is 549 g/mol. The van der Waals surface area contributed by atoms with Gasteiger partial charge in [-0.3, -0.25) is 0 Å². The molecule has 0 aromatic carbocycles. The summed E-state index contributed by atoms with van der Waals surface area (Å²) in [7, 11) is 0. The second kappa shape index (κ2) is 9.67. The van der Waals surface area contributed by atoms with Gasteiger partial charge in [0, 0.05) is 12.2 Å². The number of hydrogen-bond acceptors (Lipinski definition) is 3. The highest BCUT2D eigenvalue weighted by Crippen LogP contribution is 2.60. The van der Waals surface area contributed by atoms with Crippen molar-refractivity contribution in [3.8, 4) is 12.1 Å². The molecule has 0 amide bonds. The van der Waals surface area contributed by atoms with E-state index in [1.165, 1.54) is 0 Å². The van der Waals surface area contributed by atoms with Crippen molar-refractivity contribution in [1.82, 2.24) is 0 Å². The van der Waals surface area contributed by atoms with E-state index in [-0.39, 0.29) is 0 Å². The lowest BCUT2D eigenvalue weighted by Gasteiger charge is -2.40. The van der Waals surface area contributed by atoms with Crippen LogP contribution in [-0.4, -0.2) is 52.7 Å². The summed E-state index contributed by atoms with van der Waals surface area (Å²) in [6.07, 6.45) is -10.4. The summed E-state index contributed by atoms with van der Waals surface area (Å²) >= 11 is 3.62. The molecule has 1 atom stereocenters. The van der Waals surface area contributed by atoms with Crippen LogP contribution in [-0.2, 0) is 0 Å². The molecule has 192 valence electrons. The molecule has 0 aliphatic carbocycles. The highest BCUT2D eigenvalue weighted by molar-refractivity contribution is 8.00. The average Bonchev–Trinajstić information content (AvgIpc) is 2.65. The lowest BCUT2D eigenvalue weighted by molar-refractivity contribution is -0.414. The summed E-state index contributed by atoms with van der Waals surface area (Å²) in [6, 6.07) is 1.18. The van der Waals surface area contributed by atoms with Crippen LogP contribution in [0.15, 0.2) is 0 Å². The SMILES string of the molecule is N#CC(C#N)(CCSC(F)(F)C(F)Cl)CC(F)(F)C(F)(F)C(F)(F)C(F)(F)C(F)(F)C(F)F. The molecule has 0 saturated carbocycles. The number of rotatable bonds is 12. The average molecular weight is 557 g/mol. The third kappa shape index (κ3) is 5.63. The Balaban J connectivity index is 6.13. The Kier molecular flexibility index (Phi) is 9.25. The first-order valence-electron chi connectivity index (χ1n) is 7.72. The van der Waals surface area contributed by atoms with E-state index >= 15 is 0 Å². The molecule has 0 fully saturated rings. The van der Waals surface area contributed by atoms with Gasteiger partial charge in [-0.25, -0.2) is 13.2 Å². The first-order valence-corrected chi connectivity index (χ1v) is 9.14. The molecule has 1 unspecified atom stereocenters. The minimum absolute atomic E-state index is 0.588. The van der Waals surface area contributed by atoms with Crippen molar-refractivity contribution < 1.29 is 65.9 Å². The third-order valence-electron chi connectivity index (χ3n) is 3.97. The van der Waals surface area contributed by atoms with Crippen molar-refractivity contribution in [3.63, 3.8) is 0 Å². The number of thioether (sulfide) groups is 1. The van der Waals surface area contributed by atoms with Gasteiger partial charge in [-0.1, -0.05) is 23.4 Å². The Morgan fingerprint density at radius 1 is 0.727 bits per heavy atom. The van der Waals surface area contributed by atoms with E-state index in [2.05, 4.69) is 11.6 Å². The maximum Gasteiger partial charge on any atom is 0.384 e. The summed E-state index contributed by atoms with van der Waals surface area (Å²) in [5.74, 6) is -38.5. The minimum atomic E-state index is -7.87. The molecule has 0 aliphatic heterocycles. The Bertz CT molecular complexity index is 758. The third-order valence-corrected chi connectivity index (χ3v) is 5.37.